The number of benzene rings is 1. The maximum atomic E-state index is 12.6. The van der Waals surface area contributed by atoms with Gasteiger partial charge in [-0.2, -0.15) is 0 Å². The Kier molecular flexibility index (Phi) is 7.14. The summed E-state index contributed by atoms with van der Waals surface area (Å²) in [5.74, 6) is 0.0981. The molecule has 0 saturated carbocycles. The van der Waals surface area contributed by atoms with Crippen molar-refractivity contribution in [2.45, 2.75) is 39.8 Å². The van der Waals surface area contributed by atoms with E-state index < -0.39 is 12.1 Å². The molecule has 0 unspecified atom stereocenters. The summed E-state index contributed by atoms with van der Waals surface area (Å²) in [5, 5.41) is 5.43. The maximum absolute atomic E-state index is 12.6. The van der Waals surface area contributed by atoms with Crippen LogP contribution in [0.5, 0.6) is 0 Å². The molecule has 6 nitrogen and oxygen atoms in total. The number of nitrogens with zero attached hydrogens (tertiary/aromatic N) is 1. The van der Waals surface area contributed by atoms with Crippen molar-refractivity contribution in [3.63, 3.8) is 0 Å². The number of amides is 2. The molecule has 0 saturated heterocycles. The minimum atomic E-state index is -0.703. The van der Waals surface area contributed by atoms with Crippen molar-refractivity contribution in [2.75, 3.05) is 5.32 Å². The third-order valence-corrected chi connectivity index (χ3v) is 4.15. The predicted octanol–water partition coefficient (Wildman–Crippen LogP) is 3.67. The minimum Gasteiger partial charge on any atom is -0.445 e. The van der Waals surface area contributed by atoms with Gasteiger partial charge in [0.2, 0.25) is 5.91 Å². The van der Waals surface area contributed by atoms with E-state index in [1.54, 1.807) is 12.3 Å². The fourth-order valence-corrected chi connectivity index (χ4v) is 2.40. The zero-order valence-corrected chi connectivity index (χ0v) is 15.4. The van der Waals surface area contributed by atoms with E-state index in [9.17, 15) is 9.59 Å². The van der Waals surface area contributed by atoms with Crippen molar-refractivity contribution in [3.05, 3.63) is 59.8 Å². The summed E-state index contributed by atoms with van der Waals surface area (Å²) in [4.78, 5) is 28.9. The Bertz CT molecular complexity index is 734. The van der Waals surface area contributed by atoms with Crippen LogP contribution in [0.1, 0.15) is 31.4 Å². The number of ether oxygens (including phenoxy) is 1. The lowest BCUT2D eigenvalue weighted by atomic mass is 9.98. The quantitative estimate of drug-likeness (QED) is 0.794. The second kappa shape index (κ2) is 9.56. The van der Waals surface area contributed by atoms with E-state index in [1.807, 2.05) is 57.2 Å². The fraction of sp³-hybridized carbons (Fsp3) is 0.350. The molecule has 0 spiro atoms. The molecule has 2 N–H and O–H groups in total. The largest absolute Gasteiger partial charge is 0.445 e. The van der Waals surface area contributed by atoms with Gasteiger partial charge in [0.05, 0.1) is 0 Å². The summed E-state index contributed by atoms with van der Waals surface area (Å²) in [6.45, 7) is 5.95. The third kappa shape index (κ3) is 5.88. The summed E-state index contributed by atoms with van der Waals surface area (Å²) >= 11 is 0. The summed E-state index contributed by atoms with van der Waals surface area (Å²) in [6.07, 6.45) is 1.75. The highest BCUT2D eigenvalue weighted by Crippen LogP contribution is 2.12. The van der Waals surface area contributed by atoms with Gasteiger partial charge in [0.1, 0.15) is 18.5 Å². The summed E-state index contributed by atoms with van der Waals surface area (Å²) in [7, 11) is 0. The number of pyridine rings is 1. The fourth-order valence-electron chi connectivity index (χ4n) is 2.40. The van der Waals surface area contributed by atoms with Gasteiger partial charge in [-0.3, -0.25) is 4.79 Å². The molecule has 1 aromatic carbocycles. The molecule has 26 heavy (non-hydrogen) atoms. The molecule has 0 fully saturated rings. The average Bonchev–Trinajstić information content (AvgIpc) is 2.64. The topological polar surface area (TPSA) is 80.3 Å². The van der Waals surface area contributed by atoms with Crippen LogP contribution < -0.4 is 10.6 Å². The Balaban J connectivity index is 1.97. The van der Waals surface area contributed by atoms with E-state index in [4.69, 9.17) is 4.74 Å². The number of rotatable bonds is 7. The van der Waals surface area contributed by atoms with Crippen molar-refractivity contribution in [3.8, 4) is 0 Å². The van der Waals surface area contributed by atoms with Gasteiger partial charge in [-0.1, -0.05) is 50.6 Å². The number of aryl methyl sites for hydroxylation is 1. The maximum Gasteiger partial charge on any atom is 0.408 e. The first kappa shape index (κ1) is 19.4. The minimum absolute atomic E-state index is 0.0518. The van der Waals surface area contributed by atoms with Gasteiger partial charge in [0.15, 0.2) is 0 Å². The van der Waals surface area contributed by atoms with Crippen molar-refractivity contribution in [2.24, 2.45) is 5.92 Å². The average molecular weight is 355 g/mol. The van der Waals surface area contributed by atoms with E-state index in [0.717, 1.165) is 17.5 Å². The molecule has 0 aliphatic carbocycles. The monoisotopic (exact) mass is 355 g/mol. The first-order chi connectivity index (χ1) is 12.5. The zero-order valence-electron chi connectivity index (χ0n) is 15.4. The van der Waals surface area contributed by atoms with Crippen LogP contribution in [0.4, 0.5) is 10.6 Å². The summed E-state index contributed by atoms with van der Waals surface area (Å²) in [6, 6.07) is 12.3. The molecule has 0 aliphatic rings. The molecule has 138 valence electrons. The van der Waals surface area contributed by atoms with Crippen molar-refractivity contribution < 1.29 is 14.3 Å². The number of alkyl carbamates (subject to hydrolysis) is 1. The van der Waals surface area contributed by atoms with Crippen LogP contribution in [-0.4, -0.2) is 23.0 Å². The van der Waals surface area contributed by atoms with Gasteiger partial charge in [-0.25, -0.2) is 9.78 Å². The Hall–Kier alpha value is -2.89. The highest BCUT2D eigenvalue weighted by Gasteiger charge is 2.27. The predicted molar refractivity (Wildman–Crippen MR) is 101 cm³/mol. The number of carbonyl (C=O) groups is 2. The van der Waals surface area contributed by atoms with Crippen LogP contribution in [0.15, 0.2) is 48.7 Å². The molecule has 6 heteroatoms. The number of aromatic nitrogens is 1. The third-order valence-electron chi connectivity index (χ3n) is 4.15. The van der Waals surface area contributed by atoms with E-state index >= 15 is 0 Å². The van der Waals surface area contributed by atoms with Crippen LogP contribution >= 0.6 is 0 Å². The van der Waals surface area contributed by atoms with Crippen molar-refractivity contribution in [1.29, 1.82) is 0 Å². The smallest absolute Gasteiger partial charge is 0.408 e. The Labute approximate surface area is 154 Å². The van der Waals surface area contributed by atoms with Gasteiger partial charge in [-0.05, 0) is 36.1 Å². The highest BCUT2D eigenvalue weighted by atomic mass is 16.5. The lowest BCUT2D eigenvalue weighted by Crippen LogP contribution is -2.47. The molecular formula is C20H25N3O3. The van der Waals surface area contributed by atoms with E-state index in [1.165, 1.54) is 0 Å². The molecule has 2 aromatic rings. The van der Waals surface area contributed by atoms with E-state index in [0.29, 0.717) is 5.82 Å². The van der Waals surface area contributed by atoms with Crippen LogP contribution in [0, 0.1) is 12.8 Å². The lowest BCUT2D eigenvalue weighted by Gasteiger charge is -2.23. The summed E-state index contributed by atoms with van der Waals surface area (Å²) in [5.41, 5.74) is 1.88. The van der Waals surface area contributed by atoms with Crippen LogP contribution in [-0.2, 0) is 16.1 Å². The molecular weight excluding hydrogens is 330 g/mol. The SMILES string of the molecule is CC[C@@H](C)[C@@H](NC(=O)OCc1ccccc1)C(=O)Nc1cc(C)ccn1. The summed E-state index contributed by atoms with van der Waals surface area (Å²) < 4.78 is 5.23. The van der Waals surface area contributed by atoms with Gasteiger partial charge in [0.25, 0.3) is 0 Å². The number of nitrogens with one attached hydrogen (secondary N) is 2. The van der Waals surface area contributed by atoms with Gasteiger partial charge >= 0.3 is 6.09 Å². The van der Waals surface area contributed by atoms with Gasteiger partial charge in [-0.15, -0.1) is 0 Å². The molecule has 2 amide bonds. The second-order valence-electron chi connectivity index (χ2n) is 6.28. The molecule has 1 heterocycles. The molecule has 1 aromatic heterocycles. The molecule has 2 atom stereocenters. The van der Waals surface area contributed by atoms with Crippen molar-refractivity contribution in [1.82, 2.24) is 10.3 Å². The molecule has 0 radical (unpaired) electrons. The first-order valence-electron chi connectivity index (χ1n) is 8.70. The highest BCUT2D eigenvalue weighted by molar-refractivity contribution is 5.96. The normalized spacial score (nSPS) is 12.7. The van der Waals surface area contributed by atoms with Gasteiger partial charge in [0, 0.05) is 6.20 Å². The zero-order chi connectivity index (χ0) is 18.9. The Morgan fingerprint density at radius 1 is 1.19 bits per heavy atom. The van der Waals surface area contributed by atoms with Crippen LogP contribution in [0.25, 0.3) is 0 Å². The Morgan fingerprint density at radius 2 is 1.92 bits per heavy atom. The van der Waals surface area contributed by atoms with E-state index in [2.05, 4.69) is 15.6 Å². The lowest BCUT2D eigenvalue weighted by molar-refractivity contribution is -0.119. The Morgan fingerprint density at radius 3 is 2.58 bits per heavy atom. The number of hydrogen-bond donors (Lipinski definition) is 2. The van der Waals surface area contributed by atoms with Crippen molar-refractivity contribution >= 4 is 17.8 Å². The molecule has 2 rings (SSSR count). The molecule has 0 bridgehead atoms. The first-order valence-corrected chi connectivity index (χ1v) is 8.70. The second-order valence-corrected chi connectivity index (χ2v) is 6.28. The number of hydrogen-bond acceptors (Lipinski definition) is 4. The van der Waals surface area contributed by atoms with Crippen LogP contribution in [0.2, 0.25) is 0 Å². The van der Waals surface area contributed by atoms with Gasteiger partial charge < -0.3 is 15.4 Å². The number of carbonyl (C=O) groups excluding carboxylic acids is 2. The van der Waals surface area contributed by atoms with Crippen LogP contribution in [0.3, 0.4) is 0 Å². The standard InChI is InChI=1S/C20H25N3O3/c1-4-15(3)18(19(24)22-17-12-14(2)10-11-21-17)23-20(25)26-13-16-8-6-5-7-9-16/h5-12,15,18H,4,13H2,1-3H3,(H,23,25)(H,21,22,24)/t15-,18-/m1/s1. The molecule has 0 aliphatic heterocycles. The number of anilines is 1. The van der Waals surface area contributed by atoms with E-state index in [-0.39, 0.29) is 18.4 Å².